The van der Waals surface area contributed by atoms with Crippen LogP contribution in [0.15, 0.2) is 0 Å². The van der Waals surface area contributed by atoms with E-state index in [-0.39, 0.29) is 0 Å². The number of hydrogen-bond donors (Lipinski definition) is 1. The second-order valence-electron chi connectivity index (χ2n) is 4.96. The van der Waals surface area contributed by atoms with Crippen LogP contribution in [0.3, 0.4) is 0 Å². The Kier molecular flexibility index (Phi) is 2.85. The third-order valence-electron chi connectivity index (χ3n) is 4.57. The van der Waals surface area contributed by atoms with Gasteiger partial charge in [0.1, 0.15) is 0 Å². The number of hydrogen-bond acceptors (Lipinski definition) is 2. The van der Waals surface area contributed by atoms with Crippen molar-refractivity contribution >= 4 is 0 Å². The van der Waals surface area contributed by atoms with Crippen LogP contribution in [0.25, 0.3) is 0 Å². The largest absolute Gasteiger partial charge is 0.374 e. The Balaban J connectivity index is 1.92. The van der Waals surface area contributed by atoms with Crippen LogP contribution in [0.5, 0.6) is 0 Å². The summed E-state index contributed by atoms with van der Waals surface area (Å²) in [4.78, 5) is 0. The Morgan fingerprint density at radius 2 is 1.93 bits per heavy atom. The highest BCUT2D eigenvalue weighted by molar-refractivity contribution is 5.05. The van der Waals surface area contributed by atoms with Gasteiger partial charge in [-0.3, -0.25) is 0 Å². The van der Waals surface area contributed by atoms with Gasteiger partial charge in [0.05, 0.1) is 12.2 Å². The Morgan fingerprint density at radius 1 is 1.29 bits per heavy atom. The van der Waals surface area contributed by atoms with Gasteiger partial charge in [0.15, 0.2) is 0 Å². The number of rotatable bonds is 4. The highest BCUT2D eigenvalue weighted by Gasteiger charge is 2.52. The average molecular weight is 197 g/mol. The lowest BCUT2D eigenvalue weighted by Crippen LogP contribution is -2.62. The van der Waals surface area contributed by atoms with Crippen LogP contribution in [-0.4, -0.2) is 18.2 Å². The molecule has 2 fully saturated rings. The normalized spacial score (nSPS) is 36.2. The molecule has 0 aromatic rings. The van der Waals surface area contributed by atoms with Gasteiger partial charge in [-0.15, -0.1) is 0 Å². The summed E-state index contributed by atoms with van der Waals surface area (Å²) in [5, 5.41) is 0. The molecule has 2 rings (SSSR count). The van der Waals surface area contributed by atoms with E-state index in [0.29, 0.717) is 23.7 Å². The molecule has 82 valence electrons. The Labute approximate surface area is 87.2 Å². The fourth-order valence-corrected chi connectivity index (χ4v) is 2.94. The molecule has 2 atom stereocenters. The number of nitrogens with two attached hydrogens (primary N) is 1. The third-order valence-corrected chi connectivity index (χ3v) is 4.57. The van der Waals surface area contributed by atoms with Crippen LogP contribution in [0.1, 0.15) is 52.4 Å². The van der Waals surface area contributed by atoms with Gasteiger partial charge in [-0.25, -0.2) is 0 Å². The van der Waals surface area contributed by atoms with E-state index in [1.165, 1.54) is 32.1 Å². The van der Waals surface area contributed by atoms with Gasteiger partial charge in [-0.2, -0.15) is 0 Å². The van der Waals surface area contributed by atoms with Crippen molar-refractivity contribution in [3.63, 3.8) is 0 Å². The summed E-state index contributed by atoms with van der Waals surface area (Å²) < 4.78 is 6.11. The molecule has 0 bridgehead atoms. The minimum Gasteiger partial charge on any atom is -0.374 e. The van der Waals surface area contributed by atoms with Crippen molar-refractivity contribution in [1.29, 1.82) is 0 Å². The van der Waals surface area contributed by atoms with Crippen LogP contribution in [0.4, 0.5) is 0 Å². The summed E-state index contributed by atoms with van der Waals surface area (Å²) in [7, 11) is 0. The molecule has 0 heterocycles. The van der Waals surface area contributed by atoms with E-state index in [1.807, 2.05) is 0 Å². The van der Waals surface area contributed by atoms with Crippen molar-refractivity contribution in [1.82, 2.24) is 0 Å². The van der Waals surface area contributed by atoms with Crippen LogP contribution in [0.2, 0.25) is 0 Å². The zero-order valence-electron chi connectivity index (χ0n) is 9.46. The van der Waals surface area contributed by atoms with Crippen molar-refractivity contribution in [2.24, 2.45) is 11.1 Å². The van der Waals surface area contributed by atoms with Gasteiger partial charge in [0.25, 0.3) is 0 Å². The molecule has 2 nitrogen and oxygen atoms in total. The molecule has 2 aliphatic rings. The average Bonchev–Trinajstić information content (AvgIpc) is 2.11. The maximum Gasteiger partial charge on any atom is 0.0664 e. The molecule has 2 heteroatoms. The molecular formula is C12H23NO. The van der Waals surface area contributed by atoms with E-state index in [9.17, 15) is 0 Å². The summed E-state index contributed by atoms with van der Waals surface area (Å²) in [5.41, 5.74) is 6.43. The first-order valence-corrected chi connectivity index (χ1v) is 6.14. The summed E-state index contributed by atoms with van der Waals surface area (Å²) >= 11 is 0. The molecule has 0 aromatic heterocycles. The molecule has 0 radical (unpaired) electrons. The SMILES string of the molecule is CCC1(CC)C(N)CC1OC1CCC1. The molecule has 0 spiro atoms. The van der Waals surface area contributed by atoms with Crippen molar-refractivity contribution in [2.75, 3.05) is 0 Å². The Hall–Kier alpha value is -0.0800. The van der Waals surface area contributed by atoms with Crippen LogP contribution in [-0.2, 0) is 4.74 Å². The molecular weight excluding hydrogens is 174 g/mol. The van der Waals surface area contributed by atoms with Gasteiger partial charge >= 0.3 is 0 Å². The van der Waals surface area contributed by atoms with Gasteiger partial charge < -0.3 is 10.5 Å². The summed E-state index contributed by atoms with van der Waals surface area (Å²) in [6, 6.07) is 0.377. The van der Waals surface area contributed by atoms with Crippen LogP contribution < -0.4 is 5.73 Å². The van der Waals surface area contributed by atoms with Crippen molar-refractivity contribution in [3.8, 4) is 0 Å². The standard InChI is InChI=1S/C12H23NO/c1-3-12(4-2)10(13)8-11(12)14-9-6-5-7-9/h9-11H,3-8,13H2,1-2H3. The molecule has 2 saturated carbocycles. The highest BCUT2D eigenvalue weighted by Crippen LogP contribution is 2.49. The minimum atomic E-state index is 0.301. The molecule has 2 N–H and O–H groups in total. The topological polar surface area (TPSA) is 35.2 Å². The molecule has 0 saturated heterocycles. The van der Waals surface area contributed by atoms with Crippen molar-refractivity contribution < 1.29 is 4.74 Å². The number of ether oxygens (including phenoxy) is 1. The maximum atomic E-state index is 6.12. The Morgan fingerprint density at radius 3 is 2.29 bits per heavy atom. The summed E-state index contributed by atoms with van der Waals surface area (Å²) in [5.74, 6) is 0. The second kappa shape index (κ2) is 3.82. The second-order valence-corrected chi connectivity index (χ2v) is 4.96. The first kappa shape index (κ1) is 10.4. The smallest absolute Gasteiger partial charge is 0.0664 e. The van der Waals surface area contributed by atoms with Crippen LogP contribution in [0, 0.1) is 5.41 Å². The van der Waals surface area contributed by atoms with E-state index >= 15 is 0 Å². The van der Waals surface area contributed by atoms with Crippen molar-refractivity contribution in [3.05, 3.63) is 0 Å². The third kappa shape index (κ3) is 1.40. The zero-order valence-corrected chi connectivity index (χ0v) is 9.46. The van der Waals surface area contributed by atoms with E-state index in [4.69, 9.17) is 10.5 Å². The van der Waals surface area contributed by atoms with Gasteiger partial charge in [-0.05, 0) is 38.5 Å². The van der Waals surface area contributed by atoms with E-state index < -0.39 is 0 Å². The molecule has 2 aliphatic carbocycles. The van der Waals surface area contributed by atoms with Gasteiger partial charge in [-0.1, -0.05) is 13.8 Å². The Bertz CT molecular complexity index is 196. The molecule has 0 amide bonds. The maximum absolute atomic E-state index is 6.12. The lowest BCUT2D eigenvalue weighted by molar-refractivity contribution is -0.174. The molecule has 2 unspecified atom stereocenters. The highest BCUT2D eigenvalue weighted by atomic mass is 16.5. The molecule has 0 aromatic carbocycles. The predicted molar refractivity (Wildman–Crippen MR) is 58.1 cm³/mol. The van der Waals surface area contributed by atoms with Gasteiger partial charge in [0.2, 0.25) is 0 Å². The fraction of sp³-hybridized carbons (Fsp3) is 1.00. The molecule has 0 aliphatic heterocycles. The quantitative estimate of drug-likeness (QED) is 0.751. The first-order valence-electron chi connectivity index (χ1n) is 6.14. The van der Waals surface area contributed by atoms with Gasteiger partial charge in [0, 0.05) is 11.5 Å². The van der Waals surface area contributed by atoms with E-state index in [0.717, 1.165) is 6.42 Å². The summed E-state index contributed by atoms with van der Waals surface area (Å²) in [6.45, 7) is 4.50. The monoisotopic (exact) mass is 197 g/mol. The van der Waals surface area contributed by atoms with Crippen molar-refractivity contribution in [2.45, 2.75) is 70.6 Å². The summed E-state index contributed by atoms with van der Waals surface area (Å²) in [6.07, 6.45) is 8.34. The zero-order chi connectivity index (χ0) is 10.2. The van der Waals surface area contributed by atoms with E-state index in [1.54, 1.807) is 0 Å². The van der Waals surface area contributed by atoms with Crippen LogP contribution >= 0.6 is 0 Å². The lowest BCUT2D eigenvalue weighted by atomic mass is 9.59. The lowest BCUT2D eigenvalue weighted by Gasteiger charge is -2.55. The molecule has 14 heavy (non-hydrogen) atoms. The minimum absolute atomic E-state index is 0.301. The predicted octanol–water partition coefficient (Wildman–Crippen LogP) is 2.46. The van der Waals surface area contributed by atoms with E-state index in [2.05, 4.69) is 13.8 Å². The first-order chi connectivity index (χ1) is 6.73. The fourth-order valence-electron chi connectivity index (χ4n) is 2.94.